The molecule has 0 aliphatic carbocycles. The highest BCUT2D eigenvalue weighted by molar-refractivity contribution is 6.33. The molecule has 172 valence electrons. The van der Waals surface area contributed by atoms with Gasteiger partial charge in [0, 0.05) is 39.0 Å². The largest absolute Gasteiger partial charge is 0.490 e. The summed E-state index contributed by atoms with van der Waals surface area (Å²) in [7, 11) is 0. The molecular weight excluding hydrogens is 447 g/mol. The fourth-order valence-electron chi connectivity index (χ4n) is 3.84. The second-order valence-corrected chi connectivity index (χ2v) is 8.16. The number of carbonyl (C=O) groups excluding carboxylic acids is 1. The number of rotatable bonds is 5. The zero-order valence-electron chi connectivity index (χ0n) is 17.3. The second kappa shape index (κ2) is 9.54. The molecule has 32 heavy (non-hydrogen) atoms. The van der Waals surface area contributed by atoms with Crippen LogP contribution < -0.4 is 9.64 Å². The predicted molar refractivity (Wildman–Crippen MR) is 113 cm³/mol. The fraction of sp³-hybridized carbons (Fsp3) is 0.455. The lowest BCUT2D eigenvalue weighted by Gasteiger charge is -2.36. The van der Waals surface area contributed by atoms with Crippen LogP contribution in [0.3, 0.4) is 0 Å². The van der Waals surface area contributed by atoms with Crippen molar-refractivity contribution in [2.24, 2.45) is 0 Å². The molecular formula is C22H23ClF3N3O3. The van der Waals surface area contributed by atoms with Gasteiger partial charge in [0.1, 0.15) is 18.2 Å². The molecule has 1 aromatic carbocycles. The molecule has 1 aromatic heterocycles. The number of benzene rings is 1. The van der Waals surface area contributed by atoms with Gasteiger partial charge >= 0.3 is 6.18 Å². The van der Waals surface area contributed by atoms with Gasteiger partial charge in [0.2, 0.25) is 0 Å². The van der Waals surface area contributed by atoms with Crippen LogP contribution >= 0.6 is 11.6 Å². The lowest BCUT2D eigenvalue weighted by Crippen LogP contribution is -2.49. The van der Waals surface area contributed by atoms with E-state index in [9.17, 15) is 18.0 Å². The van der Waals surface area contributed by atoms with Gasteiger partial charge in [-0.15, -0.1) is 0 Å². The topological polar surface area (TPSA) is 54.9 Å². The predicted octanol–water partition coefficient (Wildman–Crippen LogP) is 4.27. The van der Waals surface area contributed by atoms with Gasteiger partial charge in [0.25, 0.3) is 5.91 Å². The Labute approximate surface area is 188 Å². The summed E-state index contributed by atoms with van der Waals surface area (Å²) < 4.78 is 50.0. The first-order chi connectivity index (χ1) is 15.3. The highest BCUT2D eigenvalue weighted by atomic mass is 35.5. The third-order valence-corrected chi connectivity index (χ3v) is 5.86. The minimum Gasteiger partial charge on any atom is -0.490 e. The number of halogens is 4. The number of hydrogen-bond acceptors (Lipinski definition) is 5. The molecule has 2 saturated heterocycles. The van der Waals surface area contributed by atoms with Crippen LogP contribution in [0.2, 0.25) is 5.02 Å². The molecule has 0 spiro atoms. The lowest BCUT2D eigenvalue weighted by molar-refractivity contribution is -0.137. The van der Waals surface area contributed by atoms with Crippen molar-refractivity contribution in [2.45, 2.75) is 25.1 Å². The Morgan fingerprint density at radius 1 is 1.22 bits per heavy atom. The molecule has 2 aliphatic heterocycles. The van der Waals surface area contributed by atoms with Gasteiger partial charge in [0.15, 0.2) is 0 Å². The van der Waals surface area contributed by atoms with Crippen LogP contribution in [-0.4, -0.2) is 61.3 Å². The molecule has 4 rings (SSSR count). The van der Waals surface area contributed by atoms with E-state index in [0.717, 1.165) is 31.7 Å². The fourth-order valence-corrected chi connectivity index (χ4v) is 4.12. The van der Waals surface area contributed by atoms with E-state index in [2.05, 4.69) is 4.98 Å². The molecule has 0 saturated carbocycles. The van der Waals surface area contributed by atoms with Crippen molar-refractivity contribution in [3.05, 3.63) is 52.7 Å². The van der Waals surface area contributed by atoms with Crippen LogP contribution in [-0.2, 0) is 10.9 Å². The molecule has 1 unspecified atom stereocenters. The lowest BCUT2D eigenvalue weighted by atomic mass is 10.1. The number of aromatic nitrogens is 1. The van der Waals surface area contributed by atoms with Gasteiger partial charge in [-0.1, -0.05) is 23.7 Å². The van der Waals surface area contributed by atoms with Gasteiger partial charge in [-0.2, -0.15) is 13.2 Å². The second-order valence-electron chi connectivity index (χ2n) is 7.75. The number of nitrogens with zero attached hydrogens (tertiary/aromatic N) is 3. The Bertz CT molecular complexity index is 959. The summed E-state index contributed by atoms with van der Waals surface area (Å²) in [5, 5.41) is -0.0625. The third-order valence-electron chi connectivity index (χ3n) is 5.58. The molecule has 2 fully saturated rings. The maximum absolute atomic E-state index is 13.1. The van der Waals surface area contributed by atoms with Crippen LogP contribution in [0.4, 0.5) is 19.0 Å². The number of pyridine rings is 1. The van der Waals surface area contributed by atoms with Crippen LogP contribution in [0.15, 0.2) is 36.5 Å². The molecule has 1 atom stereocenters. The first-order valence-corrected chi connectivity index (χ1v) is 10.8. The zero-order chi connectivity index (χ0) is 22.7. The van der Waals surface area contributed by atoms with E-state index in [4.69, 9.17) is 21.1 Å². The van der Waals surface area contributed by atoms with Crippen molar-refractivity contribution in [2.75, 3.05) is 44.3 Å². The van der Waals surface area contributed by atoms with E-state index in [-0.39, 0.29) is 22.9 Å². The third kappa shape index (κ3) is 5.10. The Morgan fingerprint density at radius 2 is 1.97 bits per heavy atom. The van der Waals surface area contributed by atoms with E-state index in [1.807, 2.05) is 6.07 Å². The smallest absolute Gasteiger partial charge is 0.417 e. The van der Waals surface area contributed by atoms with Gasteiger partial charge in [0.05, 0.1) is 22.3 Å². The summed E-state index contributed by atoms with van der Waals surface area (Å²) in [5.74, 6) is 0.647. The zero-order valence-corrected chi connectivity index (χ0v) is 18.0. The molecule has 1 amide bonds. The average Bonchev–Trinajstić information content (AvgIpc) is 3.31. The van der Waals surface area contributed by atoms with Crippen molar-refractivity contribution in [1.29, 1.82) is 0 Å². The summed E-state index contributed by atoms with van der Waals surface area (Å²) in [4.78, 5) is 20.5. The molecule has 0 radical (unpaired) electrons. The number of amides is 1. The molecule has 3 heterocycles. The summed E-state index contributed by atoms with van der Waals surface area (Å²) in [6.45, 7) is 2.72. The molecule has 0 bridgehead atoms. The molecule has 2 aliphatic rings. The normalized spacial score (nSPS) is 19.3. The maximum Gasteiger partial charge on any atom is 0.417 e. The highest BCUT2D eigenvalue weighted by Gasteiger charge is 2.33. The standard InChI is InChI=1S/C22H23ClF3N3O3/c23-18-12-15(22(24,25)26)13-27-20(18)28-7-9-29(10-8-28)21(30)17-5-1-2-6-19(17)32-14-16-4-3-11-31-16/h1-2,5-6,12-13,16H,3-4,7-11,14H2. The SMILES string of the molecule is O=C(c1ccccc1OCC1CCCO1)N1CCN(c2ncc(C(F)(F)F)cc2Cl)CC1. The summed E-state index contributed by atoms with van der Waals surface area (Å²) >= 11 is 6.06. The number of para-hydroxylation sites is 1. The number of anilines is 1. The average molecular weight is 470 g/mol. The van der Waals surface area contributed by atoms with Crippen LogP contribution in [0.1, 0.15) is 28.8 Å². The van der Waals surface area contributed by atoms with Gasteiger partial charge in [-0.05, 0) is 31.0 Å². The van der Waals surface area contributed by atoms with Crippen molar-refractivity contribution in [3.63, 3.8) is 0 Å². The number of hydrogen-bond donors (Lipinski definition) is 0. The molecule has 6 nitrogen and oxygen atoms in total. The van der Waals surface area contributed by atoms with Gasteiger partial charge in [-0.25, -0.2) is 4.98 Å². The maximum atomic E-state index is 13.1. The van der Waals surface area contributed by atoms with E-state index in [1.165, 1.54) is 0 Å². The summed E-state index contributed by atoms with van der Waals surface area (Å²) in [6, 6.07) is 7.98. The number of alkyl halides is 3. The Balaban J connectivity index is 1.39. The first-order valence-electron chi connectivity index (χ1n) is 10.4. The number of carbonyl (C=O) groups is 1. The van der Waals surface area contributed by atoms with E-state index in [0.29, 0.717) is 44.1 Å². The Kier molecular flexibility index (Phi) is 6.76. The van der Waals surface area contributed by atoms with Crippen molar-refractivity contribution in [1.82, 2.24) is 9.88 Å². The van der Waals surface area contributed by atoms with Crippen molar-refractivity contribution in [3.8, 4) is 5.75 Å². The van der Waals surface area contributed by atoms with Gasteiger partial charge < -0.3 is 19.3 Å². The van der Waals surface area contributed by atoms with E-state index < -0.39 is 11.7 Å². The van der Waals surface area contributed by atoms with E-state index in [1.54, 1.807) is 28.0 Å². The quantitative estimate of drug-likeness (QED) is 0.654. The molecule has 2 aromatic rings. The molecule has 10 heteroatoms. The molecule has 0 N–H and O–H groups in total. The van der Waals surface area contributed by atoms with Crippen LogP contribution in [0.5, 0.6) is 5.75 Å². The highest BCUT2D eigenvalue weighted by Crippen LogP contribution is 2.34. The van der Waals surface area contributed by atoms with Gasteiger partial charge in [-0.3, -0.25) is 4.79 Å². The number of piperazine rings is 1. The van der Waals surface area contributed by atoms with Crippen molar-refractivity contribution >= 4 is 23.3 Å². The van der Waals surface area contributed by atoms with Crippen LogP contribution in [0.25, 0.3) is 0 Å². The van der Waals surface area contributed by atoms with E-state index >= 15 is 0 Å². The monoisotopic (exact) mass is 469 g/mol. The number of ether oxygens (including phenoxy) is 2. The summed E-state index contributed by atoms with van der Waals surface area (Å²) in [6.07, 6.45) is -1.72. The minimum absolute atomic E-state index is 0.0442. The summed E-state index contributed by atoms with van der Waals surface area (Å²) in [5.41, 5.74) is -0.413. The minimum atomic E-state index is -4.50. The van der Waals surface area contributed by atoms with Crippen molar-refractivity contribution < 1.29 is 27.4 Å². The van der Waals surface area contributed by atoms with Crippen LogP contribution in [0, 0.1) is 0 Å². The Morgan fingerprint density at radius 3 is 2.62 bits per heavy atom. The first kappa shape index (κ1) is 22.7. The Hall–Kier alpha value is -2.52.